The molecule has 0 aliphatic carbocycles. The summed E-state index contributed by atoms with van der Waals surface area (Å²) < 4.78 is 1.19. The van der Waals surface area contributed by atoms with Gasteiger partial charge in [0, 0.05) is 23.6 Å². The van der Waals surface area contributed by atoms with Gasteiger partial charge in [-0.05, 0) is 60.9 Å². The molecule has 0 bridgehead atoms. The van der Waals surface area contributed by atoms with E-state index in [0.717, 1.165) is 13.1 Å². The van der Waals surface area contributed by atoms with Gasteiger partial charge in [0.15, 0.2) is 0 Å². The Kier molecular flexibility index (Phi) is 6.00. The fraction of sp³-hybridized carbons (Fsp3) is 0.571. The van der Waals surface area contributed by atoms with Gasteiger partial charge < -0.3 is 10.2 Å². The molecule has 1 aromatic rings. The van der Waals surface area contributed by atoms with Gasteiger partial charge in [-0.1, -0.05) is 13.0 Å². The quantitative estimate of drug-likeness (QED) is 0.859. The molecule has 3 heteroatoms. The van der Waals surface area contributed by atoms with Crippen LogP contribution >= 0.6 is 15.9 Å². The molecule has 0 aliphatic rings. The van der Waals surface area contributed by atoms with Crippen LogP contribution < -0.4 is 10.2 Å². The summed E-state index contributed by atoms with van der Waals surface area (Å²) in [5, 5.41) is 3.17. The van der Waals surface area contributed by atoms with E-state index in [1.54, 1.807) is 0 Å². The van der Waals surface area contributed by atoms with Crippen LogP contribution in [0.3, 0.4) is 0 Å². The van der Waals surface area contributed by atoms with E-state index < -0.39 is 0 Å². The molecule has 1 rings (SSSR count). The third-order valence-electron chi connectivity index (χ3n) is 2.79. The van der Waals surface area contributed by atoms with E-state index in [9.17, 15) is 0 Å². The Morgan fingerprint density at radius 3 is 2.53 bits per heavy atom. The van der Waals surface area contributed by atoms with Gasteiger partial charge in [0.25, 0.3) is 0 Å². The van der Waals surface area contributed by atoms with Crippen molar-refractivity contribution in [1.82, 2.24) is 5.32 Å². The minimum Gasteiger partial charge on any atom is -0.368 e. The van der Waals surface area contributed by atoms with Crippen LogP contribution in [0, 0.1) is 0 Å². The van der Waals surface area contributed by atoms with E-state index in [2.05, 4.69) is 65.1 Å². The Labute approximate surface area is 114 Å². The van der Waals surface area contributed by atoms with E-state index in [1.165, 1.54) is 22.1 Å². The lowest BCUT2D eigenvalue weighted by Crippen LogP contribution is -2.31. The Morgan fingerprint density at radius 2 is 2.06 bits per heavy atom. The topological polar surface area (TPSA) is 15.3 Å². The maximum absolute atomic E-state index is 3.69. The number of nitrogens with one attached hydrogen (secondary N) is 1. The first-order valence-electron chi connectivity index (χ1n) is 6.29. The van der Waals surface area contributed by atoms with Crippen molar-refractivity contribution in [2.24, 2.45) is 0 Å². The largest absolute Gasteiger partial charge is 0.368 e. The van der Waals surface area contributed by atoms with E-state index in [-0.39, 0.29) is 0 Å². The number of hydrogen-bond donors (Lipinski definition) is 1. The Balaban J connectivity index is 2.95. The van der Waals surface area contributed by atoms with Gasteiger partial charge in [0.1, 0.15) is 0 Å². The molecule has 1 aromatic carbocycles. The van der Waals surface area contributed by atoms with E-state index >= 15 is 0 Å². The van der Waals surface area contributed by atoms with Gasteiger partial charge in [-0.3, -0.25) is 0 Å². The molecule has 1 N–H and O–H groups in total. The van der Waals surface area contributed by atoms with Crippen LogP contribution in [0.5, 0.6) is 0 Å². The normalized spacial score (nSPS) is 10.9. The second-order valence-corrected chi connectivity index (χ2v) is 5.46. The SMILES string of the molecule is CCCN(c1ccc(CNC)cc1Br)C(C)C. The van der Waals surface area contributed by atoms with Crippen molar-refractivity contribution in [3.63, 3.8) is 0 Å². The zero-order valence-electron chi connectivity index (χ0n) is 11.3. The molecule has 17 heavy (non-hydrogen) atoms. The van der Waals surface area contributed by atoms with Crippen molar-refractivity contribution in [2.45, 2.75) is 39.8 Å². The summed E-state index contributed by atoms with van der Waals surface area (Å²) in [5.41, 5.74) is 2.60. The molecule has 2 nitrogen and oxygen atoms in total. The third kappa shape index (κ3) is 4.00. The average molecular weight is 299 g/mol. The fourth-order valence-corrected chi connectivity index (χ4v) is 2.65. The number of halogens is 1. The summed E-state index contributed by atoms with van der Waals surface area (Å²) in [7, 11) is 1.97. The molecule has 0 atom stereocenters. The zero-order valence-corrected chi connectivity index (χ0v) is 12.8. The molecule has 0 unspecified atom stereocenters. The van der Waals surface area contributed by atoms with Crippen LogP contribution in [0.15, 0.2) is 22.7 Å². The minimum absolute atomic E-state index is 0.529. The second-order valence-electron chi connectivity index (χ2n) is 4.60. The smallest absolute Gasteiger partial charge is 0.0513 e. The minimum atomic E-state index is 0.529. The Bertz CT molecular complexity index is 350. The van der Waals surface area contributed by atoms with Crippen LogP contribution in [0.4, 0.5) is 5.69 Å². The van der Waals surface area contributed by atoms with Gasteiger partial charge >= 0.3 is 0 Å². The number of nitrogens with zero attached hydrogens (tertiary/aromatic N) is 1. The van der Waals surface area contributed by atoms with E-state index in [0.29, 0.717) is 6.04 Å². The predicted octanol–water partition coefficient (Wildman–Crippen LogP) is 3.79. The highest BCUT2D eigenvalue weighted by atomic mass is 79.9. The highest BCUT2D eigenvalue weighted by Gasteiger charge is 2.12. The van der Waals surface area contributed by atoms with Crippen LogP contribution in [-0.4, -0.2) is 19.6 Å². The van der Waals surface area contributed by atoms with Crippen LogP contribution in [0.2, 0.25) is 0 Å². The standard InChI is InChI=1S/C14H23BrN2/c1-5-8-17(11(2)3)14-7-6-12(10-16-4)9-13(14)15/h6-7,9,11,16H,5,8,10H2,1-4H3. The lowest BCUT2D eigenvalue weighted by atomic mass is 10.1. The monoisotopic (exact) mass is 298 g/mol. The molecule has 0 saturated carbocycles. The summed E-state index contributed by atoms with van der Waals surface area (Å²) in [4.78, 5) is 2.44. The molecular weight excluding hydrogens is 276 g/mol. The first-order chi connectivity index (χ1) is 8.10. The second kappa shape index (κ2) is 7.02. The molecule has 0 radical (unpaired) electrons. The summed E-state index contributed by atoms with van der Waals surface area (Å²) in [6, 6.07) is 7.15. The predicted molar refractivity (Wildman–Crippen MR) is 79.7 cm³/mol. The Hall–Kier alpha value is -0.540. The number of rotatable bonds is 6. The molecule has 0 aliphatic heterocycles. The van der Waals surface area contributed by atoms with Crippen LogP contribution in [0.1, 0.15) is 32.8 Å². The first-order valence-corrected chi connectivity index (χ1v) is 7.09. The highest BCUT2D eigenvalue weighted by molar-refractivity contribution is 9.10. The summed E-state index contributed by atoms with van der Waals surface area (Å²) in [6.07, 6.45) is 1.17. The molecular formula is C14H23BrN2. The summed E-state index contributed by atoms with van der Waals surface area (Å²) in [6.45, 7) is 8.71. The van der Waals surface area contributed by atoms with Crippen molar-refractivity contribution < 1.29 is 0 Å². The lowest BCUT2D eigenvalue weighted by Gasteiger charge is -2.29. The average Bonchev–Trinajstić information content (AvgIpc) is 2.27. The summed E-state index contributed by atoms with van der Waals surface area (Å²) in [5.74, 6) is 0. The highest BCUT2D eigenvalue weighted by Crippen LogP contribution is 2.29. The molecule has 0 aromatic heterocycles. The van der Waals surface area contributed by atoms with Gasteiger partial charge in [0.2, 0.25) is 0 Å². The third-order valence-corrected chi connectivity index (χ3v) is 3.43. The van der Waals surface area contributed by atoms with Crippen molar-refractivity contribution >= 4 is 21.6 Å². The van der Waals surface area contributed by atoms with Gasteiger partial charge in [-0.2, -0.15) is 0 Å². The molecule has 0 saturated heterocycles. The molecule has 0 fully saturated rings. The van der Waals surface area contributed by atoms with Crippen molar-refractivity contribution in [2.75, 3.05) is 18.5 Å². The zero-order chi connectivity index (χ0) is 12.8. The van der Waals surface area contributed by atoms with Crippen molar-refractivity contribution in [3.8, 4) is 0 Å². The maximum atomic E-state index is 3.69. The molecule has 96 valence electrons. The van der Waals surface area contributed by atoms with Crippen LogP contribution in [0.25, 0.3) is 0 Å². The number of hydrogen-bond acceptors (Lipinski definition) is 2. The molecule has 0 amide bonds. The maximum Gasteiger partial charge on any atom is 0.0513 e. The lowest BCUT2D eigenvalue weighted by molar-refractivity contribution is 0.669. The number of benzene rings is 1. The first kappa shape index (κ1) is 14.5. The van der Waals surface area contributed by atoms with E-state index in [1.807, 2.05) is 7.05 Å². The van der Waals surface area contributed by atoms with Crippen LogP contribution in [-0.2, 0) is 6.54 Å². The van der Waals surface area contributed by atoms with E-state index in [4.69, 9.17) is 0 Å². The molecule has 0 heterocycles. The Morgan fingerprint density at radius 1 is 1.35 bits per heavy atom. The molecule has 0 spiro atoms. The van der Waals surface area contributed by atoms with Gasteiger partial charge in [-0.15, -0.1) is 0 Å². The fourth-order valence-electron chi connectivity index (χ4n) is 2.00. The van der Waals surface area contributed by atoms with Crippen molar-refractivity contribution in [1.29, 1.82) is 0 Å². The summed E-state index contributed by atoms with van der Waals surface area (Å²) >= 11 is 3.69. The van der Waals surface area contributed by atoms with Crippen molar-refractivity contribution in [3.05, 3.63) is 28.2 Å². The van der Waals surface area contributed by atoms with Gasteiger partial charge in [0.05, 0.1) is 5.69 Å². The number of anilines is 1. The van der Waals surface area contributed by atoms with Gasteiger partial charge in [-0.25, -0.2) is 0 Å².